The average Bonchev–Trinajstić information content (AvgIpc) is 2.99. The minimum Gasteiger partial charge on any atom is -0.753 e. The molecule has 4 aromatic heterocycles. The van der Waals surface area contributed by atoms with E-state index in [0.29, 0.717) is 47.2 Å². The summed E-state index contributed by atoms with van der Waals surface area (Å²) in [5.41, 5.74) is 1.52. The third-order valence-electron chi connectivity index (χ3n) is 4.35. The summed E-state index contributed by atoms with van der Waals surface area (Å²) >= 11 is 7.40. The summed E-state index contributed by atoms with van der Waals surface area (Å²) < 4.78 is 9.34. The van der Waals surface area contributed by atoms with Gasteiger partial charge in [-0.2, -0.15) is 10.3 Å². The van der Waals surface area contributed by atoms with Gasteiger partial charge in [0.25, 0.3) is 12.9 Å². The van der Waals surface area contributed by atoms with E-state index in [4.69, 9.17) is 10.8 Å². The van der Waals surface area contributed by atoms with E-state index in [-0.39, 0.29) is 30.6 Å². The van der Waals surface area contributed by atoms with Crippen molar-refractivity contribution in [3.63, 3.8) is 0 Å². The fraction of sp³-hybridized carbons (Fsp3) is 0. The first kappa shape index (κ1) is 37.7. The molecule has 17 heteroatoms. The van der Waals surface area contributed by atoms with Gasteiger partial charge >= 0.3 is 19.5 Å². The quantitative estimate of drug-likeness (QED) is 0.109. The molecule has 0 aliphatic carbocycles. The molecule has 0 atom stereocenters. The van der Waals surface area contributed by atoms with Gasteiger partial charge in [-0.1, -0.05) is 24.4 Å². The summed E-state index contributed by atoms with van der Waals surface area (Å²) in [6, 6.07) is 11.3. The fourth-order valence-electron chi connectivity index (χ4n) is 2.76. The molecule has 0 fully saturated rings. The minimum absolute atomic E-state index is 0. The largest absolute Gasteiger partial charge is 2.00 e. The first-order valence-corrected chi connectivity index (χ1v) is 11.6. The smallest absolute Gasteiger partial charge is 0.753 e. The molecule has 0 aromatic carbocycles. The molecule has 0 aliphatic rings. The predicted molar refractivity (Wildman–Crippen MR) is 149 cm³/mol. The van der Waals surface area contributed by atoms with Gasteiger partial charge < -0.3 is 40.1 Å². The zero-order valence-corrected chi connectivity index (χ0v) is 24.6. The van der Waals surface area contributed by atoms with Crippen molar-refractivity contribution < 1.29 is 58.3 Å². The number of rotatable bonds is 8. The molecule has 4 aromatic rings. The van der Waals surface area contributed by atoms with Crippen LogP contribution in [0.1, 0.15) is 20.7 Å². The number of isothiocyanates is 2. The molecule has 0 bridgehead atoms. The first-order valence-electron chi connectivity index (χ1n) is 10.7. The van der Waals surface area contributed by atoms with Gasteiger partial charge in [-0.05, 0) is 36.4 Å². The van der Waals surface area contributed by atoms with Crippen LogP contribution in [0.25, 0.3) is 33.6 Å². The Balaban J connectivity index is 0.000000680. The number of aromatic nitrogens is 4. The summed E-state index contributed by atoms with van der Waals surface area (Å²) in [6.45, 7) is 0.592. The molecule has 0 N–H and O–H groups in total. The third-order valence-corrected chi connectivity index (χ3v) is 4.35. The Kier molecular flexibility index (Phi) is 18.8. The maximum absolute atomic E-state index is 10.7. The van der Waals surface area contributed by atoms with E-state index in [2.05, 4.69) is 53.8 Å². The number of ether oxygens (including phenoxy) is 2. The molecular weight excluding hydrogens is 690 g/mol. The van der Waals surface area contributed by atoms with Crippen molar-refractivity contribution in [3.8, 4) is 34.3 Å². The van der Waals surface area contributed by atoms with Gasteiger partial charge in [-0.15, -0.1) is 0 Å². The number of carbonyl (C=O) groups excluding carboxylic acids is 4. The van der Waals surface area contributed by atoms with Crippen molar-refractivity contribution in [2.75, 3.05) is 0 Å². The van der Waals surface area contributed by atoms with E-state index >= 15 is 0 Å². The van der Waals surface area contributed by atoms with Crippen LogP contribution in [0.2, 0.25) is 0 Å². The maximum Gasteiger partial charge on any atom is 2.00 e. The van der Waals surface area contributed by atoms with Gasteiger partial charge in [0, 0.05) is 48.0 Å². The van der Waals surface area contributed by atoms with Crippen LogP contribution in [-0.2, 0) is 29.1 Å². The van der Waals surface area contributed by atoms with Gasteiger partial charge in [-0.3, -0.25) is 29.5 Å². The number of hydrogen-bond acceptors (Lipinski definition) is 14. The monoisotopic (exact) mass is 704 g/mol. The van der Waals surface area contributed by atoms with Crippen LogP contribution in [0.5, 0.6) is 11.5 Å². The summed E-state index contributed by atoms with van der Waals surface area (Å²) in [7, 11) is 0. The maximum atomic E-state index is 10.7. The Morgan fingerprint density at radius 2 is 0.930 bits per heavy atom. The van der Waals surface area contributed by atoms with Crippen molar-refractivity contribution in [1.82, 2.24) is 19.9 Å². The van der Waals surface area contributed by atoms with Gasteiger partial charge in [0.2, 0.25) is 0 Å². The zero-order valence-electron chi connectivity index (χ0n) is 21.2. The second-order valence-corrected chi connectivity index (χ2v) is 7.16. The number of thiocarbonyl (C=S) groups is 2. The summed E-state index contributed by atoms with van der Waals surface area (Å²) in [6.07, 6.45) is 5.55. The Morgan fingerprint density at radius 1 is 0.651 bits per heavy atom. The molecule has 0 amide bonds. The van der Waals surface area contributed by atoms with Crippen molar-refractivity contribution in [2.45, 2.75) is 0 Å². The fourth-order valence-corrected chi connectivity index (χ4v) is 2.76. The molecule has 0 radical (unpaired) electrons. The number of aromatic carboxylic acids is 2. The Hall–Kier alpha value is -5.30. The molecule has 0 saturated heterocycles. The normalized spacial score (nSPS) is 8.56. The molecule has 14 nitrogen and oxygen atoms in total. The number of nitrogens with zero attached hydrogens (tertiary/aromatic N) is 6. The van der Waals surface area contributed by atoms with Gasteiger partial charge in [-0.25, -0.2) is 0 Å². The minimum atomic E-state index is -1.29. The van der Waals surface area contributed by atoms with E-state index in [1.165, 1.54) is 83.6 Å². The van der Waals surface area contributed by atoms with Crippen LogP contribution >= 0.6 is 24.4 Å². The van der Waals surface area contributed by atoms with Crippen molar-refractivity contribution in [2.24, 2.45) is 0 Å². The number of hydrogen-bond donors (Lipinski definition) is 0. The molecular formula is C26H14N6O8RuS2-2. The predicted octanol–water partition coefficient (Wildman–Crippen LogP) is 1.40. The molecule has 0 spiro atoms. The van der Waals surface area contributed by atoms with Gasteiger partial charge in [0.1, 0.15) is 11.5 Å². The number of carboxylic acids is 2. The first-order chi connectivity index (χ1) is 20.2. The number of carboxylic acid groups (broad SMARTS) is 2. The summed E-state index contributed by atoms with van der Waals surface area (Å²) in [5, 5.41) is 38.4. The SMILES string of the molecule is O=COc1ccnc(-c2cc(C(=O)[O-])ccn2)c1.O=COc1ccnc(-c2cc(C(=O)[O-])ccn2)c1.[N-]=C=S.[N-]=C=S.[Ru+2]. The van der Waals surface area contributed by atoms with Crippen LogP contribution < -0.4 is 19.7 Å². The van der Waals surface area contributed by atoms with Crippen LogP contribution in [-0.4, -0.2) is 55.1 Å². The van der Waals surface area contributed by atoms with Gasteiger partial charge in [0.15, 0.2) is 0 Å². The van der Waals surface area contributed by atoms with E-state index in [1.807, 2.05) is 0 Å². The zero-order chi connectivity index (χ0) is 31.3. The number of carbonyl (C=O) groups is 4. The van der Waals surface area contributed by atoms with E-state index in [1.54, 1.807) is 0 Å². The molecule has 0 saturated carbocycles. The van der Waals surface area contributed by atoms with Crippen LogP contribution in [0, 0.1) is 0 Å². The van der Waals surface area contributed by atoms with Crippen molar-refractivity contribution in [3.05, 3.63) is 95.3 Å². The van der Waals surface area contributed by atoms with Crippen LogP contribution in [0.15, 0.2) is 73.3 Å². The Bertz CT molecular complexity index is 1500. The van der Waals surface area contributed by atoms with Crippen LogP contribution in [0.3, 0.4) is 0 Å². The van der Waals surface area contributed by atoms with Gasteiger partial charge in [0.05, 0.1) is 34.7 Å². The van der Waals surface area contributed by atoms with Crippen molar-refractivity contribution in [1.29, 1.82) is 0 Å². The van der Waals surface area contributed by atoms with E-state index < -0.39 is 11.9 Å². The Labute approximate surface area is 266 Å². The summed E-state index contributed by atoms with van der Waals surface area (Å²) in [5.74, 6) is -1.98. The molecule has 218 valence electrons. The molecule has 43 heavy (non-hydrogen) atoms. The average molecular weight is 704 g/mol. The molecule has 0 aliphatic heterocycles. The standard InChI is InChI=1S/2C12H8N2O4.2CNS.Ru/c2*15-7-18-9-2-4-14-11(6-9)10-5-8(12(16)17)1-3-13-10;2*2-1-3;/h2*1-7H,(H,16,17);;;/q;;2*-1;+2/p-2. The van der Waals surface area contributed by atoms with Crippen molar-refractivity contribution >= 4 is 59.6 Å². The molecule has 4 rings (SSSR count). The van der Waals surface area contributed by atoms with E-state index in [9.17, 15) is 29.4 Å². The number of pyridine rings is 4. The second kappa shape index (κ2) is 21.5. The second-order valence-electron chi connectivity index (χ2n) is 6.80. The molecule has 4 heterocycles. The van der Waals surface area contributed by atoms with Crippen LogP contribution in [0.4, 0.5) is 0 Å². The van der Waals surface area contributed by atoms with E-state index in [0.717, 1.165) is 0 Å². The third kappa shape index (κ3) is 13.7. The Morgan fingerprint density at radius 3 is 1.21 bits per heavy atom. The topological polar surface area (TPSA) is 229 Å². The molecule has 0 unspecified atom stereocenters. The summed E-state index contributed by atoms with van der Waals surface area (Å²) in [4.78, 5) is 57.9.